The molecule has 13 heavy (non-hydrogen) atoms. The van der Waals surface area contributed by atoms with Crippen molar-refractivity contribution in [2.24, 2.45) is 0 Å². The average Bonchev–Trinajstić information content (AvgIpc) is 2.16. The van der Waals surface area contributed by atoms with Gasteiger partial charge in [0.2, 0.25) is 0 Å². The third-order valence-corrected chi connectivity index (χ3v) is 1.69. The first-order valence-corrected chi connectivity index (χ1v) is 4.35. The molecule has 0 spiro atoms. The molecular formula is C13H14. The van der Waals surface area contributed by atoms with Crippen molar-refractivity contribution in [3.63, 3.8) is 0 Å². The van der Waals surface area contributed by atoms with Crippen molar-refractivity contribution in [2.75, 3.05) is 0 Å². The number of hydrogen-bond donors (Lipinski definition) is 0. The Morgan fingerprint density at radius 2 is 1.92 bits per heavy atom. The van der Waals surface area contributed by atoms with E-state index < -0.39 is 0 Å². The minimum atomic E-state index is 1.23. The third-order valence-electron chi connectivity index (χ3n) is 1.69. The highest BCUT2D eigenvalue weighted by atomic mass is 13.9. The molecule has 1 aromatic rings. The van der Waals surface area contributed by atoms with Crippen LogP contribution in [0.4, 0.5) is 0 Å². The van der Waals surface area contributed by atoms with Crippen molar-refractivity contribution >= 4 is 6.08 Å². The highest BCUT2D eigenvalue weighted by Gasteiger charge is 1.84. The lowest BCUT2D eigenvalue weighted by molar-refractivity contribution is 1.54. The van der Waals surface area contributed by atoms with E-state index in [4.69, 9.17) is 0 Å². The summed E-state index contributed by atoms with van der Waals surface area (Å²) in [6.45, 7) is 5.70. The Bertz CT molecular complexity index is 315. The fraction of sp³-hybridized carbons (Fsp3) is 0.0769. The Labute approximate surface area is 79.9 Å². The van der Waals surface area contributed by atoms with Gasteiger partial charge in [-0.15, -0.1) is 0 Å². The van der Waals surface area contributed by atoms with Crippen LogP contribution in [0.15, 0.2) is 60.7 Å². The Hall–Kier alpha value is -1.56. The van der Waals surface area contributed by atoms with Gasteiger partial charge in [-0.05, 0) is 12.5 Å². The molecule has 0 radical (unpaired) electrons. The monoisotopic (exact) mass is 170 g/mol. The van der Waals surface area contributed by atoms with Crippen LogP contribution in [-0.2, 0) is 0 Å². The average molecular weight is 170 g/mol. The summed E-state index contributed by atoms with van der Waals surface area (Å²) in [5.41, 5.74) is 2.46. The van der Waals surface area contributed by atoms with E-state index >= 15 is 0 Å². The zero-order chi connectivity index (χ0) is 9.52. The summed E-state index contributed by atoms with van der Waals surface area (Å²) in [5, 5.41) is 0. The minimum Gasteiger partial charge on any atom is -0.0991 e. The van der Waals surface area contributed by atoms with Crippen molar-refractivity contribution in [1.29, 1.82) is 0 Å². The van der Waals surface area contributed by atoms with Crippen LogP contribution in [0.2, 0.25) is 0 Å². The summed E-state index contributed by atoms with van der Waals surface area (Å²) in [6, 6.07) is 10.3. The van der Waals surface area contributed by atoms with Crippen LogP contribution >= 0.6 is 0 Å². The highest BCUT2D eigenvalue weighted by Crippen LogP contribution is 2.06. The topological polar surface area (TPSA) is 0 Å². The molecular weight excluding hydrogens is 156 g/mol. The lowest BCUT2D eigenvalue weighted by Crippen LogP contribution is -1.71. The molecule has 0 aliphatic carbocycles. The first-order chi connectivity index (χ1) is 6.33. The van der Waals surface area contributed by atoms with E-state index in [0.717, 1.165) is 0 Å². The third kappa shape index (κ3) is 3.57. The van der Waals surface area contributed by atoms with Crippen molar-refractivity contribution in [3.8, 4) is 0 Å². The first-order valence-electron chi connectivity index (χ1n) is 4.35. The molecule has 0 heterocycles. The van der Waals surface area contributed by atoms with Gasteiger partial charge in [-0.1, -0.05) is 66.8 Å². The zero-order valence-corrected chi connectivity index (χ0v) is 7.90. The zero-order valence-electron chi connectivity index (χ0n) is 7.90. The molecule has 0 aliphatic rings. The molecule has 1 rings (SSSR count). The summed E-state index contributed by atoms with van der Waals surface area (Å²) in [6.07, 6.45) is 7.90. The summed E-state index contributed by atoms with van der Waals surface area (Å²) < 4.78 is 0. The van der Waals surface area contributed by atoms with E-state index in [9.17, 15) is 0 Å². The summed E-state index contributed by atoms with van der Waals surface area (Å²) in [5.74, 6) is 0. The van der Waals surface area contributed by atoms with E-state index in [1.54, 1.807) is 6.08 Å². The standard InChI is InChI=1S/C13H14/c1-3-4-8-12(2)11-13-9-6-5-7-10-13/h3-11H,1H2,2H3. The van der Waals surface area contributed by atoms with Crippen LogP contribution in [0.3, 0.4) is 0 Å². The molecule has 0 heteroatoms. The number of rotatable bonds is 3. The molecule has 0 atom stereocenters. The van der Waals surface area contributed by atoms with Crippen LogP contribution in [0.5, 0.6) is 0 Å². The maximum atomic E-state index is 3.63. The van der Waals surface area contributed by atoms with E-state index in [0.29, 0.717) is 0 Å². The summed E-state index contributed by atoms with van der Waals surface area (Å²) in [7, 11) is 0. The Balaban J connectivity index is 2.76. The smallest absolute Gasteiger partial charge is 0.0254 e. The van der Waals surface area contributed by atoms with Crippen molar-refractivity contribution in [2.45, 2.75) is 6.92 Å². The van der Waals surface area contributed by atoms with E-state index in [-0.39, 0.29) is 0 Å². The Morgan fingerprint density at radius 1 is 1.23 bits per heavy atom. The van der Waals surface area contributed by atoms with E-state index in [2.05, 4.69) is 31.7 Å². The number of allylic oxidation sites excluding steroid dienone is 4. The lowest BCUT2D eigenvalue weighted by Gasteiger charge is -1.93. The molecule has 1 aromatic carbocycles. The number of hydrogen-bond acceptors (Lipinski definition) is 0. The maximum Gasteiger partial charge on any atom is -0.0254 e. The maximum absolute atomic E-state index is 3.63. The molecule has 0 unspecified atom stereocenters. The molecule has 0 saturated carbocycles. The predicted octanol–water partition coefficient (Wildman–Crippen LogP) is 3.83. The predicted molar refractivity (Wildman–Crippen MR) is 59.4 cm³/mol. The van der Waals surface area contributed by atoms with Crippen LogP contribution in [0, 0.1) is 0 Å². The van der Waals surface area contributed by atoms with Gasteiger partial charge >= 0.3 is 0 Å². The van der Waals surface area contributed by atoms with Gasteiger partial charge in [0, 0.05) is 0 Å². The SMILES string of the molecule is C=CC=CC(C)=Cc1ccccc1. The molecule has 0 aromatic heterocycles. The summed E-state index contributed by atoms with van der Waals surface area (Å²) >= 11 is 0. The van der Waals surface area contributed by atoms with Gasteiger partial charge in [0.15, 0.2) is 0 Å². The molecule has 0 aliphatic heterocycles. The van der Waals surface area contributed by atoms with Crippen LogP contribution < -0.4 is 0 Å². The fourth-order valence-electron chi connectivity index (χ4n) is 1.08. The number of benzene rings is 1. The molecule has 0 amide bonds. The van der Waals surface area contributed by atoms with Gasteiger partial charge in [-0.2, -0.15) is 0 Å². The van der Waals surface area contributed by atoms with Gasteiger partial charge in [-0.25, -0.2) is 0 Å². The van der Waals surface area contributed by atoms with Gasteiger partial charge in [0.05, 0.1) is 0 Å². The lowest BCUT2D eigenvalue weighted by atomic mass is 10.1. The van der Waals surface area contributed by atoms with Crippen molar-refractivity contribution in [1.82, 2.24) is 0 Å². The van der Waals surface area contributed by atoms with Gasteiger partial charge < -0.3 is 0 Å². The molecule has 0 bridgehead atoms. The largest absolute Gasteiger partial charge is 0.0991 e. The van der Waals surface area contributed by atoms with Crippen LogP contribution in [0.25, 0.3) is 6.08 Å². The van der Waals surface area contributed by atoms with Gasteiger partial charge in [-0.3, -0.25) is 0 Å². The van der Waals surface area contributed by atoms with Crippen LogP contribution in [0.1, 0.15) is 12.5 Å². The fourth-order valence-corrected chi connectivity index (χ4v) is 1.08. The quantitative estimate of drug-likeness (QED) is 0.605. The molecule has 0 fully saturated rings. The van der Waals surface area contributed by atoms with E-state index in [1.807, 2.05) is 30.4 Å². The Kier molecular flexibility index (Phi) is 3.77. The Morgan fingerprint density at radius 3 is 2.54 bits per heavy atom. The normalized spacial score (nSPS) is 11.9. The van der Waals surface area contributed by atoms with Crippen molar-refractivity contribution in [3.05, 3.63) is 66.3 Å². The molecule has 66 valence electrons. The molecule has 0 nitrogen and oxygen atoms in total. The van der Waals surface area contributed by atoms with Crippen LogP contribution in [-0.4, -0.2) is 0 Å². The second kappa shape index (κ2) is 5.15. The van der Waals surface area contributed by atoms with Gasteiger partial charge in [0.25, 0.3) is 0 Å². The first kappa shape index (κ1) is 9.53. The summed E-state index contributed by atoms with van der Waals surface area (Å²) in [4.78, 5) is 0. The second-order valence-corrected chi connectivity index (χ2v) is 2.89. The van der Waals surface area contributed by atoms with Crippen molar-refractivity contribution < 1.29 is 0 Å². The molecule has 0 saturated heterocycles. The van der Waals surface area contributed by atoms with E-state index in [1.165, 1.54) is 11.1 Å². The molecule has 0 N–H and O–H groups in total. The highest BCUT2D eigenvalue weighted by molar-refractivity contribution is 5.55. The minimum absolute atomic E-state index is 1.23. The second-order valence-electron chi connectivity index (χ2n) is 2.89. The van der Waals surface area contributed by atoms with Gasteiger partial charge in [0.1, 0.15) is 0 Å².